The Hall–Kier alpha value is -1.58. The summed E-state index contributed by atoms with van der Waals surface area (Å²) in [7, 11) is 1.54. The van der Waals surface area contributed by atoms with Gasteiger partial charge in [0, 0.05) is 16.1 Å². The summed E-state index contributed by atoms with van der Waals surface area (Å²) in [6, 6.07) is 8.30. The van der Waals surface area contributed by atoms with E-state index >= 15 is 0 Å². The van der Waals surface area contributed by atoms with Crippen molar-refractivity contribution < 1.29 is 14.2 Å². The highest BCUT2D eigenvalue weighted by molar-refractivity contribution is 6.31. The molecule has 20 heavy (non-hydrogen) atoms. The van der Waals surface area contributed by atoms with Gasteiger partial charge in [0.15, 0.2) is 0 Å². The maximum absolute atomic E-state index is 13.4. The molecule has 2 aromatic rings. The highest BCUT2D eigenvalue weighted by Gasteiger charge is 2.19. The van der Waals surface area contributed by atoms with Crippen molar-refractivity contribution in [2.45, 2.75) is 20.0 Å². The largest absolute Gasteiger partial charge is 0.496 e. The van der Waals surface area contributed by atoms with Gasteiger partial charge in [0.25, 0.3) is 0 Å². The van der Waals surface area contributed by atoms with E-state index in [0.717, 1.165) is 5.56 Å². The maximum atomic E-state index is 13.4. The van der Waals surface area contributed by atoms with Gasteiger partial charge in [-0.05, 0) is 43.7 Å². The number of benzene rings is 2. The van der Waals surface area contributed by atoms with E-state index in [-0.39, 0.29) is 10.8 Å². The molecule has 0 heterocycles. The minimum Gasteiger partial charge on any atom is -0.496 e. The van der Waals surface area contributed by atoms with Crippen LogP contribution in [0, 0.1) is 19.7 Å². The fourth-order valence-corrected chi connectivity index (χ4v) is 2.38. The van der Waals surface area contributed by atoms with E-state index in [1.54, 1.807) is 26.2 Å². The van der Waals surface area contributed by atoms with Crippen LogP contribution in [0.25, 0.3) is 0 Å². The van der Waals surface area contributed by atoms with Crippen LogP contribution in [0.5, 0.6) is 5.75 Å². The second kappa shape index (κ2) is 5.81. The second-order valence-electron chi connectivity index (χ2n) is 4.77. The Morgan fingerprint density at radius 1 is 1.15 bits per heavy atom. The zero-order valence-corrected chi connectivity index (χ0v) is 12.3. The molecule has 0 aliphatic heterocycles. The molecule has 0 saturated heterocycles. The summed E-state index contributed by atoms with van der Waals surface area (Å²) < 4.78 is 18.7. The lowest BCUT2D eigenvalue weighted by atomic mass is 9.97. The number of methoxy groups -OCH3 is 1. The molecule has 1 N–H and O–H groups in total. The molecule has 0 bridgehead atoms. The van der Waals surface area contributed by atoms with Crippen LogP contribution in [-0.2, 0) is 0 Å². The van der Waals surface area contributed by atoms with E-state index in [9.17, 15) is 9.50 Å². The first-order valence-electron chi connectivity index (χ1n) is 6.22. The molecule has 106 valence electrons. The molecule has 0 radical (unpaired) electrons. The molecule has 2 rings (SSSR count). The maximum Gasteiger partial charge on any atom is 0.127 e. The van der Waals surface area contributed by atoms with Crippen LogP contribution >= 0.6 is 11.6 Å². The second-order valence-corrected chi connectivity index (χ2v) is 5.18. The van der Waals surface area contributed by atoms with E-state index in [2.05, 4.69) is 0 Å². The standard InChI is InChI=1S/C16H16ClFO2/c1-9-4-5-15(20-3)12(6-9)16(19)11-7-10(2)14(18)8-13(11)17/h4-8,16,19H,1-3H3. The van der Waals surface area contributed by atoms with E-state index in [4.69, 9.17) is 16.3 Å². The van der Waals surface area contributed by atoms with Gasteiger partial charge in [0.05, 0.1) is 7.11 Å². The summed E-state index contributed by atoms with van der Waals surface area (Å²) in [4.78, 5) is 0. The molecule has 1 atom stereocenters. The first-order valence-corrected chi connectivity index (χ1v) is 6.60. The number of aryl methyl sites for hydroxylation is 2. The third kappa shape index (κ3) is 2.79. The van der Waals surface area contributed by atoms with Crippen molar-refractivity contribution in [2.24, 2.45) is 0 Å². The molecule has 0 aliphatic rings. The van der Waals surface area contributed by atoms with Crippen molar-refractivity contribution in [2.75, 3.05) is 7.11 Å². The Balaban J connectivity index is 2.54. The first kappa shape index (κ1) is 14.8. The molecule has 2 aromatic carbocycles. The third-order valence-electron chi connectivity index (χ3n) is 3.25. The molecule has 0 aliphatic carbocycles. The Morgan fingerprint density at radius 3 is 2.50 bits per heavy atom. The Labute approximate surface area is 122 Å². The van der Waals surface area contributed by atoms with Gasteiger partial charge in [0.1, 0.15) is 17.7 Å². The van der Waals surface area contributed by atoms with E-state index in [0.29, 0.717) is 22.4 Å². The zero-order chi connectivity index (χ0) is 14.9. The molecule has 0 aromatic heterocycles. The molecule has 0 saturated carbocycles. The zero-order valence-electron chi connectivity index (χ0n) is 11.6. The van der Waals surface area contributed by atoms with Gasteiger partial charge < -0.3 is 9.84 Å². The van der Waals surface area contributed by atoms with Gasteiger partial charge in [-0.3, -0.25) is 0 Å². The molecule has 2 nitrogen and oxygen atoms in total. The number of aliphatic hydroxyl groups excluding tert-OH is 1. The van der Waals surface area contributed by atoms with Crippen molar-refractivity contribution in [3.8, 4) is 5.75 Å². The van der Waals surface area contributed by atoms with Crippen molar-refractivity contribution in [3.05, 3.63) is 63.4 Å². The smallest absolute Gasteiger partial charge is 0.127 e. The minimum absolute atomic E-state index is 0.198. The molecule has 4 heteroatoms. The molecule has 0 spiro atoms. The molecular weight excluding hydrogens is 279 g/mol. The minimum atomic E-state index is -0.961. The molecule has 1 unspecified atom stereocenters. The van der Waals surface area contributed by atoms with E-state index < -0.39 is 6.10 Å². The SMILES string of the molecule is COc1ccc(C)cc1C(O)c1cc(C)c(F)cc1Cl. The number of ether oxygens (including phenoxy) is 1. The highest BCUT2D eigenvalue weighted by atomic mass is 35.5. The third-order valence-corrected chi connectivity index (χ3v) is 3.58. The average Bonchev–Trinajstić information content (AvgIpc) is 2.42. The quantitative estimate of drug-likeness (QED) is 0.920. The summed E-state index contributed by atoms with van der Waals surface area (Å²) >= 11 is 6.04. The highest BCUT2D eigenvalue weighted by Crippen LogP contribution is 2.35. The van der Waals surface area contributed by atoms with Crippen molar-refractivity contribution in [1.29, 1.82) is 0 Å². The van der Waals surface area contributed by atoms with Gasteiger partial charge in [-0.2, -0.15) is 0 Å². The summed E-state index contributed by atoms with van der Waals surface area (Å²) in [5, 5.41) is 10.7. The first-order chi connectivity index (χ1) is 9.43. The van der Waals surface area contributed by atoms with Crippen LogP contribution in [0.1, 0.15) is 28.4 Å². The monoisotopic (exact) mass is 294 g/mol. The van der Waals surface area contributed by atoms with Crippen LogP contribution in [0.15, 0.2) is 30.3 Å². The topological polar surface area (TPSA) is 29.5 Å². The fraction of sp³-hybridized carbons (Fsp3) is 0.250. The van der Waals surface area contributed by atoms with Crippen LogP contribution in [0.4, 0.5) is 4.39 Å². The Bertz CT molecular complexity index is 641. The Morgan fingerprint density at radius 2 is 1.85 bits per heavy atom. The number of aliphatic hydroxyl groups is 1. The van der Waals surface area contributed by atoms with Crippen molar-refractivity contribution in [1.82, 2.24) is 0 Å². The van der Waals surface area contributed by atoms with Crippen LogP contribution in [-0.4, -0.2) is 12.2 Å². The van der Waals surface area contributed by atoms with Gasteiger partial charge >= 0.3 is 0 Å². The van der Waals surface area contributed by atoms with Crippen LogP contribution < -0.4 is 4.74 Å². The summed E-state index contributed by atoms with van der Waals surface area (Å²) in [5.74, 6) is 0.184. The summed E-state index contributed by atoms with van der Waals surface area (Å²) in [6.45, 7) is 3.56. The molecule has 0 amide bonds. The number of rotatable bonds is 3. The average molecular weight is 295 g/mol. The Kier molecular flexibility index (Phi) is 4.31. The lowest BCUT2D eigenvalue weighted by Crippen LogP contribution is -2.04. The van der Waals surface area contributed by atoms with Gasteiger partial charge in [-0.1, -0.05) is 23.2 Å². The van der Waals surface area contributed by atoms with Gasteiger partial charge in [-0.25, -0.2) is 4.39 Å². The predicted octanol–water partition coefficient (Wildman–Crippen LogP) is 4.19. The molecular formula is C16H16ClFO2. The summed E-state index contributed by atoms with van der Waals surface area (Å²) in [5.41, 5.74) is 2.51. The fourth-order valence-electron chi connectivity index (χ4n) is 2.12. The van der Waals surface area contributed by atoms with Crippen molar-refractivity contribution >= 4 is 11.6 Å². The van der Waals surface area contributed by atoms with Crippen LogP contribution in [0.3, 0.4) is 0 Å². The van der Waals surface area contributed by atoms with E-state index in [1.165, 1.54) is 6.07 Å². The van der Waals surface area contributed by atoms with Gasteiger partial charge in [-0.15, -0.1) is 0 Å². The van der Waals surface area contributed by atoms with E-state index in [1.807, 2.05) is 19.1 Å². The number of halogens is 2. The lowest BCUT2D eigenvalue weighted by Gasteiger charge is -2.17. The number of hydrogen-bond donors (Lipinski definition) is 1. The normalized spacial score (nSPS) is 12.3. The number of hydrogen-bond acceptors (Lipinski definition) is 2. The lowest BCUT2D eigenvalue weighted by molar-refractivity contribution is 0.214. The van der Waals surface area contributed by atoms with Crippen LogP contribution in [0.2, 0.25) is 5.02 Å². The van der Waals surface area contributed by atoms with Crippen molar-refractivity contribution in [3.63, 3.8) is 0 Å². The van der Waals surface area contributed by atoms with Gasteiger partial charge in [0.2, 0.25) is 0 Å². The predicted molar refractivity (Wildman–Crippen MR) is 77.9 cm³/mol. The summed E-state index contributed by atoms with van der Waals surface area (Å²) in [6.07, 6.45) is -0.961. The molecule has 0 fully saturated rings.